The maximum atomic E-state index is 12.9. The Bertz CT molecular complexity index is 764. The van der Waals surface area contributed by atoms with Crippen molar-refractivity contribution in [3.05, 3.63) is 34.3 Å². The molecule has 28 heavy (non-hydrogen) atoms. The molecule has 3 atom stereocenters. The zero-order valence-electron chi connectivity index (χ0n) is 16.5. The number of ketones is 1. The van der Waals surface area contributed by atoms with Crippen LogP contribution in [0.5, 0.6) is 0 Å². The van der Waals surface area contributed by atoms with Gasteiger partial charge in [0.05, 0.1) is 7.11 Å². The van der Waals surface area contributed by atoms with Crippen LogP contribution in [0, 0.1) is 17.3 Å². The molecule has 1 aromatic rings. The molecular formula is C21H27BrN2O4. The molecule has 1 aromatic carbocycles. The molecule has 1 saturated heterocycles. The van der Waals surface area contributed by atoms with E-state index in [1.165, 1.54) is 7.11 Å². The Morgan fingerprint density at radius 1 is 1.29 bits per heavy atom. The van der Waals surface area contributed by atoms with E-state index in [0.717, 1.165) is 22.9 Å². The lowest BCUT2D eigenvalue weighted by Gasteiger charge is -2.26. The van der Waals surface area contributed by atoms with Gasteiger partial charge in [-0.2, -0.15) is 0 Å². The van der Waals surface area contributed by atoms with Crippen molar-refractivity contribution in [3.8, 4) is 0 Å². The predicted octanol–water partition coefficient (Wildman–Crippen LogP) is 3.64. The second-order valence-electron chi connectivity index (χ2n) is 8.27. The number of likely N-dealkylation sites (tertiary alicyclic amines) is 1. The lowest BCUT2D eigenvalue weighted by atomic mass is 9.97. The van der Waals surface area contributed by atoms with Crippen LogP contribution in [-0.2, 0) is 9.53 Å². The van der Waals surface area contributed by atoms with Crippen molar-refractivity contribution in [3.63, 3.8) is 0 Å². The molecule has 6 nitrogen and oxygen atoms in total. The molecule has 7 heteroatoms. The summed E-state index contributed by atoms with van der Waals surface area (Å²) in [5.74, 6) is 0.387. The first-order valence-corrected chi connectivity index (χ1v) is 10.5. The van der Waals surface area contributed by atoms with Crippen molar-refractivity contribution in [2.24, 2.45) is 17.3 Å². The van der Waals surface area contributed by atoms with Gasteiger partial charge in [-0.3, -0.25) is 9.59 Å². The molecule has 1 spiro atoms. The monoisotopic (exact) mass is 450 g/mol. The smallest absolute Gasteiger partial charge is 0.407 e. The molecule has 1 aliphatic carbocycles. The number of hydrogen-bond acceptors (Lipinski definition) is 4. The minimum Gasteiger partial charge on any atom is -0.453 e. The van der Waals surface area contributed by atoms with Gasteiger partial charge in [0.15, 0.2) is 5.78 Å². The summed E-state index contributed by atoms with van der Waals surface area (Å²) in [4.78, 5) is 38.9. The number of nitrogens with zero attached hydrogens (tertiary/aromatic N) is 1. The molecule has 152 valence electrons. The Morgan fingerprint density at radius 3 is 2.57 bits per heavy atom. The van der Waals surface area contributed by atoms with E-state index in [2.05, 4.69) is 26.0 Å². The van der Waals surface area contributed by atoms with Crippen molar-refractivity contribution in [2.45, 2.75) is 39.2 Å². The molecule has 0 radical (unpaired) electrons. The van der Waals surface area contributed by atoms with Crippen LogP contribution in [0.3, 0.4) is 0 Å². The Morgan fingerprint density at radius 2 is 1.96 bits per heavy atom. The third kappa shape index (κ3) is 4.40. The van der Waals surface area contributed by atoms with Crippen molar-refractivity contribution >= 4 is 33.7 Å². The molecule has 1 unspecified atom stereocenters. The van der Waals surface area contributed by atoms with Gasteiger partial charge in [0.25, 0.3) is 0 Å². The van der Waals surface area contributed by atoms with Gasteiger partial charge in [-0.05, 0) is 42.2 Å². The minimum absolute atomic E-state index is 0.0304. The van der Waals surface area contributed by atoms with Crippen LogP contribution in [0.4, 0.5) is 4.79 Å². The zero-order valence-corrected chi connectivity index (χ0v) is 18.1. The highest BCUT2D eigenvalue weighted by molar-refractivity contribution is 9.10. The van der Waals surface area contributed by atoms with E-state index in [4.69, 9.17) is 0 Å². The highest BCUT2D eigenvalue weighted by Gasteiger charge is 2.58. The third-order valence-electron chi connectivity index (χ3n) is 6.05. The molecular weight excluding hydrogens is 424 g/mol. The first-order valence-electron chi connectivity index (χ1n) is 9.68. The van der Waals surface area contributed by atoms with Crippen LogP contribution < -0.4 is 5.32 Å². The summed E-state index contributed by atoms with van der Waals surface area (Å²) < 4.78 is 5.60. The maximum Gasteiger partial charge on any atom is 0.407 e. The van der Waals surface area contributed by atoms with Crippen LogP contribution in [0.2, 0.25) is 0 Å². The number of rotatable bonds is 6. The topological polar surface area (TPSA) is 75.7 Å². The number of alkyl carbamates (subject to hydrolysis) is 1. The molecule has 1 N–H and O–H groups in total. The first-order chi connectivity index (χ1) is 13.3. The van der Waals surface area contributed by atoms with Gasteiger partial charge in [0.2, 0.25) is 5.91 Å². The second-order valence-corrected chi connectivity index (χ2v) is 9.18. The van der Waals surface area contributed by atoms with Crippen LogP contribution in [0.25, 0.3) is 0 Å². The fourth-order valence-corrected chi connectivity index (χ4v) is 4.44. The molecule has 2 amide bonds. The van der Waals surface area contributed by atoms with Crippen LogP contribution in [0.1, 0.15) is 43.5 Å². The van der Waals surface area contributed by atoms with Crippen LogP contribution in [0.15, 0.2) is 28.7 Å². The summed E-state index contributed by atoms with van der Waals surface area (Å²) in [5.41, 5.74) is 0.798. The number of carbonyl (C=O) groups excluding carboxylic acids is 3. The number of nitrogens with one attached hydrogen (secondary N) is 1. The lowest BCUT2D eigenvalue weighted by Crippen LogP contribution is -2.50. The van der Waals surface area contributed by atoms with E-state index < -0.39 is 12.1 Å². The fourth-order valence-electron chi connectivity index (χ4n) is 4.18. The number of carbonyl (C=O) groups is 3. The highest BCUT2D eigenvalue weighted by atomic mass is 79.9. The van der Waals surface area contributed by atoms with Gasteiger partial charge in [-0.1, -0.05) is 41.9 Å². The zero-order chi connectivity index (χ0) is 20.5. The average molecular weight is 451 g/mol. The van der Waals surface area contributed by atoms with Gasteiger partial charge in [-0.15, -0.1) is 0 Å². The van der Waals surface area contributed by atoms with Crippen molar-refractivity contribution in [1.82, 2.24) is 10.2 Å². The Kier molecular flexibility index (Phi) is 6.12. The fraction of sp³-hybridized carbons (Fsp3) is 0.571. The molecule has 1 saturated carbocycles. The molecule has 2 aliphatic rings. The number of benzene rings is 1. The van der Waals surface area contributed by atoms with E-state index in [1.807, 2.05) is 43.0 Å². The summed E-state index contributed by atoms with van der Waals surface area (Å²) in [6, 6.07) is 6.86. The van der Waals surface area contributed by atoms with Crippen molar-refractivity contribution < 1.29 is 19.1 Å². The quantitative estimate of drug-likeness (QED) is 0.671. The molecule has 0 aromatic heterocycles. The standard InChI is InChI=1S/C21H27BrN2O4/c1-13(2)18(23-20(27)28-3)19(26)24-9-8-21(12-24)11-15(21)10-17(25)14-4-6-16(22)7-5-14/h4-7,13,15,18H,8-12H2,1-3H3,(H,23,27)/t15-,18+,21?/m1/s1. The Balaban J connectivity index is 1.57. The third-order valence-corrected chi connectivity index (χ3v) is 6.57. The number of amides is 2. The van der Waals surface area contributed by atoms with Gasteiger partial charge in [0, 0.05) is 29.5 Å². The molecule has 2 fully saturated rings. The maximum absolute atomic E-state index is 12.9. The summed E-state index contributed by atoms with van der Waals surface area (Å²) in [6.07, 6.45) is 1.83. The highest BCUT2D eigenvalue weighted by Crippen LogP contribution is 2.60. The minimum atomic E-state index is -0.593. The SMILES string of the molecule is COC(=O)N[C@H](C(=O)N1CCC2(C[C@H]2CC(=O)c2ccc(Br)cc2)C1)C(C)C. The number of hydrogen-bond donors (Lipinski definition) is 1. The summed E-state index contributed by atoms with van der Waals surface area (Å²) in [5, 5.41) is 2.65. The molecule has 0 bridgehead atoms. The van der Waals surface area contributed by atoms with E-state index in [-0.39, 0.29) is 23.0 Å². The van der Waals surface area contributed by atoms with Gasteiger partial charge >= 0.3 is 6.09 Å². The van der Waals surface area contributed by atoms with Gasteiger partial charge in [-0.25, -0.2) is 4.79 Å². The van der Waals surface area contributed by atoms with E-state index in [0.29, 0.717) is 25.4 Å². The van der Waals surface area contributed by atoms with E-state index in [1.54, 1.807) is 0 Å². The van der Waals surface area contributed by atoms with Crippen LogP contribution in [-0.4, -0.2) is 48.9 Å². The van der Waals surface area contributed by atoms with Gasteiger partial charge in [0.1, 0.15) is 6.04 Å². The second kappa shape index (κ2) is 8.23. The summed E-state index contributed by atoms with van der Waals surface area (Å²) in [6.45, 7) is 5.15. The number of methoxy groups -OCH3 is 1. The number of ether oxygens (including phenoxy) is 1. The number of Topliss-reactive ketones (excluding diaryl/α,β-unsaturated/α-hetero) is 1. The molecule has 1 heterocycles. The predicted molar refractivity (Wildman–Crippen MR) is 109 cm³/mol. The molecule has 3 rings (SSSR count). The first kappa shape index (κ1) is 20.8. The van der Waals surface area contributed by atoms with Gasteiger partial charge < -0.3 is 15.0 Å². The van der Waals surface area contributed by atoms with Crippen LogP contribution >= 0.6 is 15.9 Å². The van der Waals surface area contributed by atoms with Crippen molar-refractivity contribution in [1.29, 1.82) is 0 Å². The average Bonchev–Trinajstić information content (AvgIpc) is 3.13. The molecule has 1 aliphatic heterocycles. The largest absolute Gasteiger partial charge is 0.453 e. The summed E-state index contributed by atoms with van der Waals surface area (Å²) in [7, 11) is 1.29. The lowest BCUT2D eigenvalue weighted by molar-refractivity contribution is -0.133. The Labute approximate surface area is 174 Å². The number of halogens is 1. The Hall–Kier alpha value is -1.89. The summed E-state index contributed by atoms with van der Waals surface area (Å²) >= 11 is 3.38. The normalized spacial score (nSPS) is 24.3. The van der Waals surface area contributed by atoms with E-state index in [9.17, 15) is 14.4 Å². The van der Waals surface area contributed by atoms with Crippen molar-refractivity contribution in [2.75, 3.05) is 20.2 Å². The van der Waals surface area contributed by atoms with E-state index >= 15 is 0 Å².